The molecule has 1 aromatic carbocycles. The number of carbonyl (C=O) groups excluding carboxylic acids is 1. The van der Waals surface area contributed by atoms with Crippen LogP contribution in [0.1, 0.15) is 26.7 Å². The molecular weight excluding hydrogens is 288 g/mol. The van der Waals surface area contributed by atoms with E-state index in [1.54, 1.807) is 4.90 Å². The number of carboxylic acid groups (broad SMARTS) is 1. The predicted molar refractivity (Wildman–Crippen MR) is 83.8 cm³/mol. The first-order chi connectivity index (χ1) is 10.0. The van der Waals surface area contributed by atoms with E-state index in [2.05, 4.69) is 4.99 Å². The molecular formula is C15H18N2O3S. The van der Waals surface area contributed by atoms with Crippen LogP contribution in [0, 0.1) is 0 Å². The van der Waals surface area contributed by atoms with Crippen molar-refractivity contribution in [2.75, 3.05) is 0 Å². The molecule has 1 aliphatic heterocycles. The second kappa shape index (κ2) is 6.76. The Morgan fingerprint density at radius 3 is 2.67 bits per heavy atom. The number of thioether (sulfide) groups is 1. The van der Waals surface area contributed by atoms with Gasteiger partial charge in [-0.05, 0) is 25.5 Å². The third kappa shape index (κ3) is 3.64. The Morgan fingerprint density at radius 2 is 2.10 bits per heavy atom. The van der Waals surface area contributed by atoms with E-state index in [0.717, 1.165) is 12.1 Å². The third-order valence-electron chi connectivity index (χ3n) is 3.34. The molecule has 21 heavy (non-hydrogen) atoms. The Balaban J connectivity index is 2.31. The molecule has 1 aliphatic rings. The molecule has 0 radical (unpaired) electrons. The van der Waals surface area contributed by atoms with Gasteiger partial charge in [0.25, 0.3) is 0 Å². The minimum Gasteiger partial charge on any atom is -0.481 e. The second-order valence-electron chi connectivity index (χ2n) is 4.90. The molecule has 1 heterocycles. The summed E-state index contributed by atoms with van der Waals surface area (Å²) in [5.74, 6) is -1.13. The molecule has 0 aromatic heterocycles. The van der Waals surface area contributed by atoms with Crippen molar-refractivity contribution in [3.63, 3.8) is 0 Å². The number of benzene rings is 1. The van der Waals surface area contributed by atoms with Crippen LogP contribution in [-0.2, 0) is 9.59 Å². The molecule has 0 saturated carbocycles. The summed E-state index contributed by atoms with van der Waals surface area (Å²) in [6, 6.07) is 9.38. The number of amides is 1. The Morgan fingerprint density at radius 1 is 1.43 bits per heavy atom. The average Bonchev–Trinajstić information content (AvgIpc) is 2.75. The van der Waals surface area contributed by atoms with Crippen LogP contribution in [-0.4, -0.2) is 38.3 Å². The molecule has 2 unspecified atom stereocenters. The number of hydrogen-bond donors (Lipinski definition) is 1. The zero-order chi connectivity index (χ0) is 15.4. The molecule has 1 fully saturated rings. The van der Waals surface area contributed by atoms with Gasteiger partial charge >= 0.3 is 5.97 Å². The highest BCUT2D eigenvalue weighted by molar-refractivity contribution is 8.15. The Bertz CT molecular complexity index is 559. The molecule has 0 aliphatic carbocycles. The van der Waals surface area contributed by atoms with Crippen molar-refractivity contribution in [3.8, 4) is 0 Å². The van der Waals surface area contributed by atoms with Gasteiger partial charge in [-0.15, -0.1) is 0 Å². The van der Waals surface area contributed by atoms with E-state index in [4.69, 9.17) is 5.11 Å². The largest absolute Gasteiger partial charge is 0.481 e. The van der Waals surface area contributed by atoms with Gasteiger partial charge in [0.2, 0.25) is 5.91 Å². The lowest BCUT2D eigenvalue weighted by Gasteiger charge is -2.23. The minimum absolute atomic E-state index is 0.00579. The van der Waals surface area contributed by atoms with Crippen molar-refractivity contribution in [2.24, 2.45) is 4.99 Å². The van der Waals surface area contributed by atoms with Gasteiger partial charge < -0.3 is 5.11 Å². The standard InChI is InChI=1S/C15H18N2O3S/c1-3-10(2)17-14(20)12(9-13(18)19)21-15(17)16-11-7-5-4-6-8-11/h4-8,10,12H,3,9H2,1-2H3,(H,18,19). The third-order valence-corrected chi connectivity index (χ3v) is 4.49. The van der Waals surface area contributed by atoms with Gasteiger partial charge in [-0.3, -0.25) is 14.5 Å². The monoisotopic (exact) mass is 306 g/mol. The summed E-state index contributed by atoms with van der Waals surface area (Å²) in [7, 11) is 0. The van der Waals surface area contributed by atoms with E-state index in [-0.39, 0.29) is 18.4 Å². The maximum Gasteiger partial charge on any atom is 0.305 e. The highest BCUT2D eigenvalue weighted by Crippen LogP contribution is 2.33. The van der Waals surface area contributed by atoms with Crippen LogP contribution in [0.4, 0.5) is 5.69 Å². The summed E-state index contributed by atoms with van der Waals surface area (Å²) in [5.41, 5.74) is 0.761. The lowest BCUT2D eigenvalue weighted by molar-refractivity contribution is -0.139. The zero-order valence-corrected chi connectivity index (χ0v) is 12.8. The van der Waals surface area contributed by atoms with Crippen LogP contribution in [0.2, 0.25) is 0 Å². The fourth-order valence-electron chi connectivity index (χ4n) is 2.05. The van der Waals surface area contributed by atoms with E-state index >= 15 is 0 Å². The van der Waals surface area contributed by atoms with Gasteiger partial charge in [0.1, 0.15) is 5.25 Å². The van der Waals surface area contributed by atoms with Crippen LogP contribution in [0.5, 0.6) is 0 Å². The van der Waals surface area contributed by atoms with Crippen molar-refractivity contribution in [3.05, 3.63) is 30.3 Å². The van der Waals surface area contributed by atoms with Gasteiger partial charge in [-0.25, -0.2) is 4.99 Å². The number of carbonyl (C=O) groups is 2. The Labute approximate surface area is 128 Å². The van der Waals surface area contributed by atoms with Gasteiger partial charge in [0.05, 0.1) is 12.1 Å². The lowest BCUT2D eigenvalue weighted by atomic mass is 10.2. The van der Waals surface area contributed by atoms with E-state index in [1.807, 2.05) is 44.2 Å². The summed E-state index contributed by atoms with van der Waals surface area (Å²) in [6.45, 7) is 3.94. The first kappa shape index (κ1) is 15.6. The normalized spacial score (nSPS) is 21.8. The van der Waals surface area contributed by atoms with Crippen molar-refractivity contribution in [1.82, 2.24) is 4.90 Å². The van der Waals surface area contributed by atoms with Crippen molar-refractivity contribution in [1.29, 1.82) is 0 Å². The summed E-state index contributed by atoms with van der Waals surface area (Å²) in [5, 5.41) is 8.93. The molecule has 1 N–H and O–H groups in total. The predicted octanol–water partition coefficient (Wildman–Crippen LogP) is 2.89. The maximum atomic E-state index is 12.4. The number of nitrogens with zero attached hydrogens (tertiary/aromatic N) is 2. The smallest absolute Gasteiger partial charge is 0.305 e. The summed E-state index contributed by atoms with van der Waals surface area (Å²) in [6.07, 6.45) is 0.615. The Hall–Kier alpha value is -1.82. The molecule has 0 bridgehead atoms. The van der Waals surface area contributed by atoms with Gasteiger partial charge in [-0.1, -0.05) is 36.9 Å². The van der Waals surface area contributed by atoms with Crippen LogP contribution < -0.4 is 0 Å². The van der Waals surface area contributed by atoms with Gasteiger partial charge in [-0.2, -0.15) is 0 Å². The number of rotatable bonds is 5. The molecule has 1 amide bonds. The molecule has 2 atom stereocenters. The quantitative estimate of drug-likeness (QED) is 0.908. The fraction of sp³-hybridized carbons (Fsp3) is 0.400. The van der Waals surface area contributed by atoms with Crippen LogP contribution in [0.15, 0.2) is 35.3 Å². The van der Waals surface area contributed by atoms with Gasteiger partial charge in [0.15, 0.2) is 5.17 Å². The molecule has 2 rings (SSSR count). The number of hydrogen-bond acceptors (Lipinski definition) is 4. The molecule has 5 nitrogen and oxygen atoms in total. The maximum absolute atomic E-state index is 12.4. The van der Waals surface area contributed by atoms with Crippen LogP contribution >= 0.6 is 11.8 Å². The van der Waals surface area contributed by atoms with Crippen LogP contribution in [0.3, 0.4) is 0 Å². The number of para-hydroxylation sites is 1. The van der Waals surface area contributed by atoms with Crippen molar-refractivity contribution >= 4 is 34.5 Å². The highest BCUT2D eigenvalue weighted by atomic mass is 32.2. The summed E-state index contributed by atoms with van der Waals surface area (Å²) >= 11 is 1.24. The highest BCUT2D eigenvalue weighted by Gasteiger charge is 2.41. The first-order valence-corrected chi connectivity index (χ1v) is 7.76. The zero-order valence-electron chi connectivity index (χ0n) is 12.0. The second-order valence-corrected chi connectivity index (χ2v) is 6.07. The Kier molecular flexibility index (Phi) is 5.01. The van der Waals surface area contributed by atoms with Crippen LogP contribution in [0.25, 0.3) is 0 Å². The van der Waals surface area contributed by atoms with E-state index in [0.29, 0.717) is 5.17 Å². The van der Waals surface area contributed by atoms with E-state index in [9.17, 15) is 9.59 Å². The van der Waals surface area contributed by atoms with Crippen molar-refractivity contribution < 1.29 is 14.7 Å². The number of carboxylic acids is 1. The summed E-state index contributed by atoms with van der Waals surface area (Å²) < 4.78 is 0. The minimum atomic E-state index is -0.967. The molecule has 0 spiro atoms. The lowest BCUT2D eigenvalue weighted by Crippen LogP contribution is -2.39. The molecule has 112 valence electrons. The average molecular weight is 306 g/mol. The van der Waals surface area contributed by atoms with E-state index in [1.165, 1.54) is 11.8 Å². The molecule has 1 saturated heterocycles. The molecule has 1 aromatic rings. The molecule has 6 heteroatoms. The fourth-order valence-corrected chi connectivity index (χ4v) is 3.29. The number of amidine groups is 1. The number of aliphatic carboxylic acids is 1. The number of aliphatic imine (C=N–C) groups is 1. The van der Waals surface area contributed by atoms with E-state index < -0.39 is 11.2 Å². The topological polar surface area (TPSA) is 70.0 Å². The SMILES string of the molecule is CCC(C)N1C(=O)C(CC(=O)O)SC1=Nc1ccccc1. The first-order valence-electron chi connectivity index (χ1n) is 6.88. The summed E-state index contributed by atoms with van der Waals surface area (Å²) in [4.78, 5) is 29.4. The van der Waals surface area contributed by atoms with Crippen molar-refractivity contribution in [2.45, 2.75) is 38.0 Å². The van der Waals surface area contributed by atoms with Gasteiger partial charge in [0, 0.05) is 6.04 Å².